The zero-order valence-electron chi connectivity index (χ0n) is 16.7. The largest absolute Gasteiger partial charge is 0.332 e. The van der Waals surface area contributed by atoms with Gasteiger partial charge in [0.1, 0.15) is 16.2 Å². The molecule has 2 heterocycles. The molecular formula is C20H25N5O2S. The lowest BCUT2D eigenvalue weighted by Gasteiger charge is -2.13. The van der Waals surface area contributed by atoms with E-state index in [0.29, 0.717) is 28.3 Å². The summed E-state index contributed by atoms with van der Waals surface area (Å²) in [6.07, 6.45) is 1.52. The maximum Gasteiger partial charge on any atom is 0.332 e. The number of rotatable bonds is 7. The van der Waals surface area contributed by atoms with Crippen molar-refractivity contribution in [3.63, 3.8) is 0 Å². The van der Waals surface area contributed by atoms with Crippen molar-refractivity contribution < 1.29 is 0 Å². The molecule has 8 heteroatoms. The van der Waals surface area contributed by atoms with Crippen molar-refractivity contribution in [2.45, 2.75) is 17.9 Å². The number of aromatic nitrogens is 4. The van der Waals surface area contributed by atoms with Crippen LogP contribution < -0.4 is 11.2 Å². The fourth-order valence-corrected chi connectivity index (χ4v) is 3.94. The van der Waals surface area contributed by atoms with Crippen molar-refractivity contribution in [2.75, 3.05) is 26.4 Å². The summed E-state index contributed by atoms with van der Waals surface area (Å²) in [5, 5.41) is 1.06. The second-order valence-corrected chi connectivity index (χ2v) is 8.10. The Bertz CT molecular complexity index is 1090. The van der Waals surface area contributed by atoms with Gasteiger partial charge in [-0.15, -0.1) is 11.8 Å². The summed E-state index contributed by atoms with van der Waals surface area (Å²) in [6, 6.07) is 9.93. The van der Waals surface area contributed by atoms with E-state index in [1.165, 1.54) is 11.6 Å². The quantitative estimate of drug-likeness (QED) is 0.342. The number of aryl methyl sites for hydroxylation is 1. The minimum atomic E-state index is -0.384. The highest BCUT2D eigenvalue weighted by Gasteiger charge is 2.17. The maximum atomic E-state index is 12.8. The standard InChI is InChI=1S/C20H25N5O2S/c1-23(2)11-8-12-28-18-16-17(24(3)20(27)25(4)19(16)26)21-15(22-18)13-14-9-6-5-7-10-14/h5-7,9-10H,8,11-13H2,1-4H3. The molecule has 1 aromatic carbocycles. The molecule has 0 N–H and O–H groups in total. The molecule has 0 radical (unpaired) electrons. The van der Waals surface area contributed by atoms with Crippen molar-refractivity contribution in [1.29, 1.82) is 0 Å². The van der Waals surface area contributed by atoms with Gasteiger partial charge in [-0.3, -0.25) is 13.9 Å². The van der Waals surface area contributed by atoms with Crippen LogP contribution >= 0.6 is 11.8 Å². The van der Waals surface area contributed by atoms with Crippen LogP contribution in [0.1, 0.15) is 17.8 Å². The van der Waals surface area contributed by atoms with Gasteiger partial charge in [-0.2, -0.15) is 0 Å². The fraction of sp³-hybridized carbons (Fsp3) is 0.400. The van der Waals surface area contributed by atoms with E-state index in [9.17, 15) is 9.59 Å². The first kappa shape index (κ1) is 20.3. The lowest BCUT2D eigenvalue weighted by Crippen LogP contribution is -2.37. The molecule has 28 heavy (non-hydrogen) atoms. The third-order valence-electron chi connectivity index (χ3n) is 4.51. The average molecular weight is 400 g/mol. The van der Waals surface area contributed by atoms with Crippen LogP contribution in [0.2, 0.25) is 0 Å². The predicted molar refractivity (Wildman–Crippen MR) is 113 cm³/mol. The van der Waals surface area contributed by atoms with Gasteiger partial charge in [0.25, 0.3) is 5.56 Å². The van der Waals surface area contributed by atoms with Crippen molar-refractivity contribution in [3.8, 4) is 0 Å². The molecule has 0 unspecified atom stereocenters. The zero-order chi connectivity index (χ0) is 20.3. The van der Waals surface area contributed by atoms with Gasteiger partial charge in [0.05, 0.1) is 0 Å². The molecule has 148 valence electrons. The first-order valence-electron chi connectivity index (χ1n) is 9.16. The van der Waals surface area contributed by atoms with Crippen molar-refractivity contribution in [3.05, 3.63) is 62.6 Å². The Balaban J connectivity index is 2.08. The minimum Gasteiger partial charge on any atom is -0.309 e. The summed E-state index contributed by atoms with van der Waals surface area (Å²) >= 11 is 1.55. The maximum absolute atomic E-state index is 12.8. The Morgan fingerprint density at radius 3 is 2.43 bits per heavy atom. The fourth-order valence-electron chi connectivity index (χ4n) is 2.98. The molecule has 0 saturated heterocycles. The van der Waals surface area contributed by atoms with Crippen molar-refractivity contribution in [1.82, 2.24) is 24.0 Å². The van der Waals surface area contributed by atoms with Gasteiger partial charge < -0.3 is 4.90 Å². The lowest BCUT2D eigenvalue weighted by molar-refractivity contribution is 0.410. The molecule has 0 saturated carbocycles. The summed E-state index contributed by atoms with van der Waals surface area (Å²) in [7, 11) is 7.20. The number of hydrogen-bond acceptors (Lipinski definition) is 6. The molecule has 3 aromatic rings. The van der Waals surface area contributed by atoms with Crippen molar-refractivity contribution >= 4 is 22.8 Å². The van der Waals surface area contributed by atoms with Crippen LogP contribution in [-0.2, 0) is 20.5 Å². The molecule has 0 aliphatic rings. The zero-order valence-corrected chi connectivity index (χ0v) is 17.5. The first-order chi connectivity index (χ1) is 13.4. The van der Waals surface area contributed by atoms with E-state index in [-0.39, 0.29) is 11.2 Å². The van der Waals surface area contributed by atoms with E-state index in [2.05, 4.69) is 9.88 Å². The van der Waals surface area contributed by atoms with Gasteiger partial charge >= 0.3 is 5.69 Å². The van der Waals surface area contributed by atoms with Crippen LogP contribution in [0.4, 0.5) is 0 Å². The molecule has 2 aromatic heterocycles. The molecule has 3 rings (SSSR count). The van der Waals surface area contributed by atoms with Gasteiger partial charge in [0.15, 0.2) is 5.65 Å². The summed E-state index contributed by atoms with van der Waals surface area (Å²) in [5.41, 5.74) is 0.744. The van der Waals surface area contributed by atoms with Crippen LogP contribution in [0.5, 0.6) is 0 Å². The van der Waals surface area contributed by atoms with Crippen LogP contribution in [0, 0.1) is 0 Å². The van der Waals surface area contributed by atoms with E-state index >= 15 is 0 Å². The molecule has 0 fully saturated rings. The average Bonchev–Trinajstić information content (AvgIpc) is 2.68. The Kier molecular flexibility index (Phi) is 6.31. The molecule has 0 aliphatic carbocycles. The Labute approximate surface area is 168 Å². The highest BCUT2D eigenvalue weighted by molar-refractivity contribution is 7.99. The number of thioether (sulfide) groups is 1. The van der Waals surface area contributed by atoms with Crippen LogP contribution in [0.25, 0.3) is 11.0 Å². The predicted octanol–water partition coefficient (Wildman–Crippen LogP) is 1.66. The highest BCUT2D eigenvalue weighted by atomic mass is 32.2. The second-order valence-electron chi connectivity index (χ2n) is 7.02. The first-order valence-corrected chi connectivity index (χ1v) is 10.1. The normalized spacial score (nSPS) is 11.5. The Morgan fingerprint density at radius 2 is 1.75 bits per heavy atom. The highest BCUT2D eigenvalue weighted by Crippen LogP contribution is 2.23. The van der Waals surface area contributed by atoms with Gasteiger partial charge in [0, 0.05) is 26.3 Å². The molecule has 0 atom stereocenters. The van der Waals surface area contributed by atoms with Gasteiger partial charge in [-0.05, 0) is 32.6 Å². The van der Waals surface area contributed by atoms with Crippen LogP contribution in [0.3, 0.4) is 0 Å². The molecule has 0 spiro atoms. The van der Waals surface area contributed by atoms with Crippen LogP contribution in [-0.4, -0.2) is 50.4 Å². The van der Waals surface area contributed by atoms with Crippen LogP contribution in [0.15, 0.2) is 44.9 Å². The third kappa shape index (κ3) is 4.34. The van der Waals surface area contributed by atoms with Crippen molar-refractivity contribution in [2.24, 2.45) is 14.1 Å². The number of benzene rings is 1. The minimum absolute atomic E-state index is 0.348. The Hall–Kier alpha value is -2.45. The van der Waals surface area contributed by atoms with Gasteiger partial charge in [-0.25, -0.2) is 14.8 Å². The summed E-state index contributed by atoms with van der Waals surface area (Å²) < 4.78 is 2.54. The van der Waals surface area contributed by atoms with E-state index in [1.54, 1.807) is 18.8 Å². The smallest absolute Gasteiger partial charge is 0.309 e. The SMILES string of the molecule is CN(C)CCCSc1nc(Cc2ccccc2)nc2c1c(=O)n(C)c(=O)n2C. The topological polar surface area (TPSA) is 73.0 Å². The summed E-state index contributed by atoms with van der Waals surface area (Å²) in [4.78, 5) is 36.5. The van der Waals surface area contributed by atoms with E-state index in [4.69, 9.17) is 4.98 Å². The number of nitrogens with zero attached hydrogens (tertiary/aromatic N) is 5. The third-order valence-corrected chi connectivity index (χ3v) is 5.57. The van der Waals surface area contributed by atoms with Gasteiger partial charge in [-0.1, -0.05) is 30.3 Å². The molecule has 0 bridgehead atoms. The monoisotopic (exact) mass is 399 g/mol. The summed E-state index contributed by atoms with van der Waals surface area (Å²) in [5.74, 6) is 1.44. The number of fused-ring (bicyclic) bond motifs is 1. The number of hydrogen-bond donors (Lipinski definition) is 0. The lowest BCUT2D eigenvalue weighted by atomic mass is 10.1. The van der Waals surface area contributed by atoms with E-state index in [1.807, 2.05) is 44.4 Å². The molecule has 7 nitrogen and oxygen atoms in total. The molecule has 0 amide bonds. The Morgan fingerprint density at radius 1 is 1.04 bits per heavy atom. The second kappa shape index (κ2) is 8.70. The van der Waals surface area contributed by atoms with E-state index < -0.39 is 0 Å². The molecular weight excluding hydrogens is 374 g/mol. The van der Waals surface area contributed by atoms with Gasteiger partial charge in [0.2, 0.25) is 0 Å². The van der Waals surface area contributed by atoms with E-state index in [0.717, 1.165) is 28.8 Å². The summed E-state index contributed by atoms with van der Waals surface area (Å²) in [6.45, 7) is 0.962. The molecule has 0 aliphatic heterocycles.